The number of hydrogen-bond donors (Lipinski definition) is 0. The molecule has 1 heterocycles. The van der Waals surface area contributed by atoms with Crippen molar-refractivity contribution in [3.63, 3.8) is 0 Å². The van der Waals surface area contributed by atoms with Gasteiger partial charge in [-0.05, 0) is 61.8 Å². The zero-order valence-corrected chi connectivity index (χ0v) is 28.3. The monoisotopic (exact) mass is 652 g/mol. The molecule has 0 atom stereocenters. The van der Waals surface area contributed by atoms with E-state index in [1.165, 1.54) is 11.1 Å². The fraction of sp³-hybridized carbons (Fsp3) is 0.0638. The summed E-state index contributed by atoms with van der Waals surface area (Å²) in [5.74, 6) is 1.91. The molecule has 0 fully saturated rings. The summed E-state index contributed by atoms with van der Waals surface area (Å²) >= 11 is 0. The van der Waals surface area contributed by atoms with Crippen LogP contribution in [0.25, 0.3) is 78.3 Å². The summed E-state index contributed by atoms with van der Waals surface area (Å²) < 4.78 is 0. The summed E-state index contributed by atoms with van der Waals surface area (Å²) in [6, 6.07) is 56.9. The number of nitrogens with zero attached hydrogens (tertiary/aromatic N) is 4. The third kappa shape index (κ3) is 5.10. The molecule has 0 spiro atoms. The van der Waals surface area contributed by atoms with E-state index in [0.29, 0.717) is 17.5 Å². The van der Waals surface area contributed by atoms with Crippen LogP contribution >= 0.6 is 0 Å². The topological polar surface area (TPSA) is 62.5 Å². The summed E-state index contributed by atoms with van der Waals surface area (Å²) in [6.07, 6.45) is 0. The van der Waals surface area contributed by atoms with Crippen molar-refractivity contribution in [2.24, 2.45) is 0 Å². The SMILES string of the molecule is CC1(C)c2cc(-c3ccc(-c4ccc5ccccc5c4-c4nc(-c5ccccc5)nc(-c5ccccc5)n4)cc3)ccc2-c2c(C#N)cccc21. The Balaban J connectivity index is 1.18. The van der Waals surface area contributed by atoms with Gasteiger partial charge in [0.15, 0.2) is 17.5 Å². The average Bonchev–Trinajstić information content (AvgIpc) is 3.43. The van der Waals surface area contributed by atoms with Crippen LogP contribution in [0.3, 0.4) is 0 Å². The molecular formula is C47H32N4. The van der Waals surface area contributed by atoms with Gasteiger partial charge in [-0.3, -0.25) is 0 Å². The summed E-state index contributed by atoms with van der Waals surface area (Å²) in [5, 5.41) is 12.1. The van der Waals surface area contributed by atoms with Gasteiger partial charge in [-0.25, -0.2) is 15.0 Å². The summed E-state index contributed by atoms with van der Waals surface area (Å²) in [7, 11) is 0. The molecule has 9 rings (SSSR count). The lowest BCUT2D eigenvalue weighted by Crippen LogP contribution is -2.15. The first-order valence-corrected chi connectivity index (χ1v) is 17.2. The van der Waals surface area contributed by atoms with Gasteiger partial charge in [0.2, 0.25) is 0 Å². The highest BCUT2D eigenvalue weighted by atomic mass is 15.0. The molecule has 0 amide bonds. The number of aromatic nitrogens is 3. The van der Waals surface area contributed by atoms with Gasteiger partial charge in [0, 0.05) is 27.7 Å². The Hall–Kier alpha value is -6.70. The van der Waals surface area contributed by atoms with Crippen LogP contribution in [0.5, 0.6) is 0 Å². The molecule has 1 aliphatic rings. The minimum absolute atomic E-state index is 0.199. The van der Waals surface area contributed by atoms with Crippen molar-refractivity contribution in [3.8, 4) is 73.6 Å². The molecule has 0 radical (unpaired) electrons. The number of benzene rings is 7. The molecule has 0 bridgehead atoms. The van der Waals surface area contributed by atoms with Crippen molar-refractivity contribution in [2.75, 3.05) is 0 Å². The largest absolute Gasteiger partial charge is 0.208 e. The van der Waals surface area contributed by atoms with Crippen LogP contribution in [-0.4, -0.2) is 15.0 Å². The van der Waals surface area contributed by atoms with E-state index in [0.717, 1.165) is 66.4 Å². The van der Waals surface area contributed by atoms with Crippen molar-refractivity contribution in [3.05, 3.63) is 174 Å². The average molecular weight is 653 g/mol. The Morgan fingerprint density at radius 1 is 0.451 bits per heavy atom. The molecule has 0 saturated carbocycles. The quantitative estimate of drug-likeness (QED) is 0.186. The van der Waals surface area contributed by atoms with Gasteiger partial charge in [0.05, 0.1) is 11.6 Å². The molecule has 240 valence electrons. The molecule has 0 saturated heterocycles. The molecule has 4 nitrogen and oxygen atoms in total. The minimum Gasteiger partial charge on any atom is -0.208 e. The number of fused-ring (bicyclic) bond motifs is 4. The van der Waals surface area contributed by atoms with E-state index in [4.69, 9.17) is 15.0 Å². The predicted octanol–water partition coefficient (Wildman–Crippen LogP) is 11.5. The van der Waals surface area contributed by atoms with Crippen LogP contribution in [0.15, 0.2) is 158 Å². The Morgan fingerprint density at radius 3 is 1.73 bits per heavy atom. The minimum atomic E-state index is -0.199. The Labute approximate surface area is 297 Å². The van der Waals surface area contributed by atoms with Crippen LogP contribution in [-0.2, 0) is 5.41 Å². The van der Waals surface area contributed by atoms with E-state index < -0.39 is 0 Å². The van der Waals surface area contributed by atoms with Crippen molar-refractivity contribution < 1.29 is 0 Å². The van der Waals surface area contributed by atoms with E-state index in [2.05, 4.69) is 105 Å². The maximum atomic E-state index is 9.87. The summed E-state index contributed by atoms with van der Waals surface area (Å²) in [5.41, 5.74) is 12.5. The van der Waals surface area contributed by atoms with Gasteiger partial charge < -0.3 is 0 Å². The Kier molecular flexibility index (Phi) is 7.15. The van der Waals surface area contributed by atoms with Gasteiger partial charge in [0.1, 0.15) is 0 Å². The zero-order chi connectivity index (χ0) is 34.5. The van der Waals surface area contributed by atoms with Crippen LogP contribution in [0.1, 0.15) is 30.5 Å². The van der Waals surface area contributed by atoms with E-state index >= 15 is 0 Å². The van der Waals surface area contributed by atoms with E-state index in [1.54, 1.807) is 0 Å². The molecule has 8 aromatic rings. The van der Waals surface area contributed by atoms with Crippen molar-refractivity contribution in [1.82, 2.24) is 15.0 Å². The number of hydrogen-bond acceptors (Lipinski definition) is 4. The predicted molar refractivity (Wildman–Crippen MR) is 207 cm³/mol. The van der Waals surface area contributed by atoms with Crippen LogP contribution < -0.4 is 0 Å². The van der Waals surface area contributed by atoms with Gasteiger partial charge in [-0.15, -0.1) is 0 Å². The molecule has 1 aliphatic carbocycles. The Morgan fingerprint density at radius 2 is 1.04 bits per heavy atom. The lowest BCUT2D eigenvalue weighted by Gasteiger charge is -2.22. The van der Waals surface area contributed by atoms with Crippen molar-refractivity contribution in [1.29, 1.82) is 5.26 Å². The second-order valence-electron chi connectivity index (χ2n) is 13.6. The van der Waals surface area contributed by atoms with E-state index in [9.17, 15) is 5.26 Å². The molecule has 7 aromatic carbocycles. The lowest BCUT2D eigenvalue weighted by molar-refractivity contribution is 0.660. The van der Waals surface area contributed by atoms with Crippen LogP contribution in [0.2, 0.25) is 0 Å². The third-order valence-electron chi connectivity index (χ3n) is 10.2. The lowest BCUT2D eigenvalue weighted by atomic mass is 9.81. The third-order valence-corrected chi connectivity index (χ3v) is 10.2. The van der Waals surface area contributed by atoms with Gasteiger partial charge in [0.25, 0.3) is 0 Å². The maximum absolute atomic E-state index is 9.87. The zero-order valence-electron chi connectivity index (χ0n) is 28.3. The normalized spacial score (nSPS) is 12.6. The van der Waals surface area contributed by atoms with Gasteiger partial charge in [-0.2, -0.15) is 5.26 Å². The first-order chi connectivity index (χ1) is 25.0. The number of nitriles is 1. The van der Waals surface area contributed by atoms with Crippen LogP contribution in [0, 0.1) is 11.3 Å². The second-order valence-corrected chi connectivity index (χ2v) is 13.6. The highest BCUT2D eigenvalue weighted by molar-refractivity contribution is 6.03. The maximum Gasteiger partial charge on any atom is 0.165 e. The smallest absolute Gasteiger partial charge is 0.165 e. The van der Waals surface area contributed by atoms with E-state index in [1.807, 2.05) is 72.8 Å². The van der Waals surface area contributed by atoms with Crippen LogP contribution in [0.4, 0.5) is 0 Å². The second kappa shape index (κ2) is 12.0. The van der Waals surface area contributed by atoms with Crippen molar-refractivity contribution in [2.45, 2.75) is 19.3 Å². The highest BCUT2D eigenvalue weighted by Gasteiger charge is 2.37. The molecular weight excluding hydrogens is 621 g/mol. The van der Waals surface area contributed by atoms with Gasteiger partial charge in [-0.1, -0.05) is 159 Å². The molecule has 51 heavy (non-hydrogen) atoms. The summed E-state index contributed by atoms with van der Waals surface area (Å²) in [4.78, 5) is 15.2. The summed E-state index contributed by atoms with van der Waals surface area (Å²) in [6.45, 7) is 4.50. The van der Waals surface area contributed by atoms with Crippen molar-refractivity contribution >= 4 is 10.8 Å². The molecule has 0 N–H and O–H groups in total. The highest BCUT2D eigenvalue weighted by Crippen LogP contribution is 2.51. The molecule has 0 aliphatic heterocycles. The fourth-order valence-electron chi connectivity index (χ4n) is 7.58. The molecule has 1 aromatic heterocycles. The molecule has 4 heteroatoms. The first kappa shape index (κ1) is 30.4. The first-order valence-electron chi connectivity index (χ1n) is 17.2. The molecule has 0 unspecified atom stereocenters. The standard InChI is InChI=1S/C47H32N4/c1-47(2)40-19-11-17-36(29-48)42(40)39-27-25-35(28-41(39)47)30-20-22-32(23-21-30)38-26-24-31-12-9-10-18-37(31)43(38)46-50-44(33-13-5-3-6-14-33)49-45(51-46)34-15-7-4-8-16-34/h3-28H,1-2H3. The fourth-order valence-corrected chi connectivity index (χ4v) is 7.58. The van der Waals surface area contributed by atoms with E-state index in [-0.39, 0.29) is 5.41 Å². The Bertz CT molecular complexity index is 2600. The van der Waals surface area contributed by atoms with Gasteiger partial charge >= 0.3 is 0 Å². The number of rotatable bonds is 5.